The topological polar surface area (TPSA) is 83.8 Å². The van der Waals surface area contributed by atoms with Crippen LogP contribution in [0.2, 0.25) is 0 Å². The van der Waals surface area contributed by atoms with Gasteiger partial charge in [-0.2, -0.15) is 0 Å². The van der Waals surface area contributed by atoms with Crippen molar-refractivity contribution in [2.75, 3.05) is 0 Å². The van der Waals surface area contributed by atoms with Crippen LogP contribution in [0.4, 0.5) is 0 Å². The Morgan fingerprint density at radius 2 is 1.02 bits per heavy atom. The van der Waals surface area contributed by atoms with E-state index in [0.717, 1.165) is 33.4 Å². The van der Waals surface area contributed by atoms with Gasteiger partial charge in [-0.15, -0.1) is 0 Å². The van der Waals surface area contributed by atoms with Crippen LogP contribution in [-0.2, 0) is 16.2 Å². The molecule has 5 rings (SSSR count). The maximum absolute atomic E-state index is 12.0. The van der Waals surface area contributed by atoms with Crippen LogP contribution in [0.5, 0.6) is 23.0 Å². The predicted octanol–water partition coefficient (Wildman–Crippen LogP) is 9.08. The molecule has 1 aliphatic rings. The van der Waals surface area contributed by atoms with Crippen molar-refractivity contribution < 1.29 is 24.5 Å². The monoisotopic (exact) mass is 562 g/mol. The lowest BCUT2D eigenvalue weighted by Gasteiger charge is -2.37. The second-order valence-corrected chi connectivity index (χ2v) is 13.8. The maximum atomic E-state index is 12.0. The number of rotatable bonds is 4. The van der Waals surface area contributed by atoms with Gasteiger partial charge in [-0.1, -0.05) is 91.8 Å². The summed E-state index contributed by atoms with van der Waals surface area (Å²) in [7, 11) is 0. The average molecular weight is 563 g/mol. The van der Waals surface area contributed by atoms with Gasteiger partial charge in [0.2, 0.25) is 0 Å². The molecule has 0 saturated carbocycles. The van der Waals surface area contributed by atoms with Crippen molar-refractivity contribution in [2.24, 2.45) is 0 Å². The molecular formula is C37H38O5. The quantitative estimate of drug-likeness (QED) is 0.242. The molecule has 216 valence electrons. The molecule has 1 aliphatic heterocycles. The minimum Gasteiger partial charge on any atom is -0.507 e. The standard InChI is InChI=1S/C37H38O5/c1-35(2,3)29-17-21(15-23(19-38)31(29)40)25-11-9-13-27-33(25)42-34-26(12-10-14-28(34)37(27,7)8)22-16-24(20-39)32(41)30(18-22)36(4,5)6/h9-20,40-41H,1-8H3. The first-order chi connectivity index (χ1) is 19.6. The molecule has 0 bridgehead atoms. The summed E-state index contributed by atoms with van der Waals surface area (Å²) >= 11 is 0. The van der Waals surface area contributed by atoms with E-state index in [4.69, 9.17) is 4.74 Å². The summed E-state index contributed by atoms with van der Waals surface area (Å²) in [5.41, 5.74) is 5.74. The Bertz CT molecular complexity index is 1620. The van der Waals surface area contributed by atoms with Crippen molar-refractivity contribution in [1.82, 2.24) is 0 Å². The molecule has 0 unspecified atom stereocenters. The van der Waals surface area contributed by atoms with Crippen LogP contribution in [0, 0.1) is 0 Å². The lowest BCUT2D eigenvalue weighted by Crippen LogP contribution is -2.25. The smallest absolute Gasteiger partial charge is 0.153 e. The van der Waals surface area contributed by atoms with Gasteiger partial charge in [-0.05, 0) is 46.2 Å². The fraction of sp³-hybridized carbons (Fsp3) is 0.297. The molecule has 4 aromatic carbocycles. The fourth-order valence-corrected chi connectivity index (χ4v) is 5.93. The van der Waals surface area contributed by atoms with Gasteiger partial charge >= 0.3 is 0 Å². The maximum Gasteiger partial charge on any atom is 0.153 e. The minimum atomic E-state index is -0.441. The van der Waals surface area contributed by atoms with E-state index >= 15 is 0 Å². The van der Waals surface area contributed by atoms with Crippen LogP contribution in [0.1, 0.15) is 98.4 Å². The lowest BCUT2D eigenvalue weighted by molar-refractivity contribution is 0.111. The summed E-state index contributed by atoms with van der Waals surface area (Å²) in [5.74, 6) is 1.34. The largest absolute Gasteiger partial charge is 0.507 e. The molecule has 4 aromatic rings. The van der Waals surface area contributed by atoms with Crippen LogP contribution in [-0.4, -0.2) is 22.8 Å². The van der Waals surface area contributed by atoms with Gasteiger partial charge in [-0.3, -0.25) is 9.59 Å². The molecule has 0 radical (unpaired) electrons. The highest BCUT2D eigenvalue weighted by Gasteiger charge is 2.37. The van der Waals surface area contributed by atoms with E-state index in [9.17, 15) is 19.8 Å². The van der Waals surface area contributed by atoms with Crippen molar-refractivity contribution in [3.05, 3.63) is 94.0 Å². The number of phenols is 2. The Kier molecular flexibility index (Phi) is 6.84. The molecule has 0 aliphatic carbocycles. The van der Waals surface area contributed by atoms with Crippen molar-refractivity contribution in [3.63, 3.8) is 0 Å². The summed E-state index contributed by atoms with van der Waals surface area (Å²) in [5, 5.41) is 21.7. The number of aromatic hydroxyl groups is 2. The van der Waals surface area contributed by atoms with Gasteiger partial charge in [0, 0.05) is 38.8 Å². The zero-order chi connectivity index (χ0) is 30.8. The third-order valence-electron chi connectivity index (χ3n) is 8.35. The summed E-state index contributed by atoms with van der Waals surface area (Å²) in [4.78, 5) is 24.0. The number of hydrogen-bond acceptors (Lipinski definition) is 5. The first kappa shape index (κ1) is 29.1. The molecule has 1 heterocycles. The Morgan fingerprint density at radius 3 is 1.36 bits per heavy atom. The van der Waals surface area contributed by atoms with Gasteiger partial charge in [0.05, 0.1) is 11.1 Å². The molecule has 5 heteroatoms. The zero-order valence-corrected chi connectivity index (χ0v) is 25.5. The number of phenolic OH excluding ortho intramolecular Hbond substituents is 2. The molecular weight excluding hydrogens is 524 g/mol. The molecule has 0 spiro atoms. The second-order valence-electron chi connectivity index (χ2n) is 13.8. The number of aldehydes is 2. The van der Waals surface area contributed by atoms with E-state index in [0.29, 0.717) is 35.2 Å². The average Bonchev–Trinajstić information content (AvgIpc) is 2.92. The molecule has 2 N–H and O–H groups in total. The lowest BCUT2D eigenvalue weighted by atomic mass is 9.73. The molecule has 0 aromatic heterocycles. The Morgan fingerprint density at radius 1 is 0.643 bits per heavy atom. The van der Waals surface area contributed by atoms with E-state index in [2.05, 4.69) is 26.0 Å². The van der Waals surface area contributed by atoms with Gasteiger partial charge in [-0.25, -0.2) is 0 Å². The van der Waals surface area contributed by atoms with E-state index in [1.54, 1.807) is 12.1 Å². The Labute approximate surface area is 247 Å². The number of hydrogen-bond donors (Lipinski definition) is 2. The first-order valence-electron chi connectivity index (χ1n) is 14.2. The third kappa shape index (κ3) is 4.67. The molecule has 42 heavy (non-hydrogen) atoms. The molecule has 0 amide bonds. The molecule has 5 nitrogen and oxygen atoms in total. The Hall–Kier alpha value is -4.38. The van der Waals surface area contributed by atoms with Gasteiger partial charge < -0.3 is 14.9 Å². The first-order valence-corrected chi connectivity index (χ1v) is 14.2. The molecule has 0 fully saturated rings. The van der Waals surface area contributed by atoms with E-state index in [-0.39, 0.29) is 22.6 Å². The predicted molar refractivity (Wildman–Crippen MR) is 167 cm³/mol. The minimum absolute atomic E-state index is 0.00658. The number of carbonyl (C=O) groups is 2. The van der Waals surface area contributed by atoms with Crippen LogP contribution < -0.4 is 4.74 Å². The highest BCUT2D eigenvalue weighted by atomic mass is 16.5. The molecule has 0 saturated heterocycles. The highest BCUT2D eigenvalue weighted by molar-refractivity contribution is 5.89. The SMILES string of the molecule is CC(C)(C)c1cc(-c2cccc3c2Oc2c(-c4cc(C=O)c(O)c(C(C)(C)C)c4)cccc2C3(C)C)cc(C=O)c1O. The number of fused-ring (bicyclic) bond motifs is 2. The normalized spacial score (nSPS) is 14.0. The van der Waals surface area contributed by atoms with E-state index < -0.39 is 16.2 Å². The number of benzene rings is 4. The second kappa shape index (κ2) is 9.87. The fourth-order valence-electron chi connectivity index (χ4n) is 5.93. The van der Waals surface area contributed by atoms with Crippen molar-refractivity contribution >= 4 is 12.6 Å². The van der Waals surface area contributed by atoms with E-state index in [1.807, 2.05) is 77.9 Å². The van der Waals surface area contributed by atoms with Crippen LogP contribution in [0.3, 0.4) is 0 Å². The summed E-state index contributed by atoms with van der Waals surface area (Å²) < 4.78 is 6.84. The number of ether oxygens (including phenoxy) is 1. The van der Waals surface area contributed by atoms with Crippen LogP contribution >= 0.6 is 0 Å². The molecule has 0 atom stereocenters. The summed E-state index contributed by atoms with van der Waals surface area (Å²) in [6.07, 6.45) is 1.37. The van der Waals surface area contributed by atoms with E-state index in [1.165, 1.54) is 0 Å². The number of para-hydroxylation sites is 2. The zero-order valence-electron chi connectivity index (χ0n) is 25.5. The Balaban J connectivity index is 1.77. The van der Waals surface area contributed by atoms with Crippen molar-refractivity contribution in [1.29, 1.82) is 0 Å². The summed E-state index contributed by atoms with van der Waals surface area (Å²) in [6, 6.07) is 19.3. The van der Waals surface area contributed by atoms with Gasteiger partial charge in [0.15, 0.2) is 12.6 Å². The third-order valence-corrected chi connectivity index (χ3v) is 8.35. The highest BCUT2D eigenvalue weighted by Crippen LogP contribution is 2.54. The van der Waals surface area contributed by atoms with Crippen molar-refractivity contribution in [2.45, 2.75) is 71.6 Å². The van der Waals surface area contributed by atoms with Crippen molar-refractivity contribution in [3.8, 4) is 45.3 Å². The number of carbonyl (C=O) groups excluding carboxylic acids is 2. The summed E-state index contributed by atoms with van der Waals surface area (Å²) in [6.45, 7) is 16.3. The van der Waals surface area contributed by atoms with Gasteiger partial charge in [0.25, 0.3) is 0 Å². The van der Waals surface area contributed by atoms with Crippen LogP contribution in [0.25, 0.3) is 22.3 Å². The van der Waals surface area contributed by atoms with Crippen LogP contribution in [0.15, 0.2) is 60.7 Å². The van der Waals surface area contributed by atoms with Gasteiger partial charge in [0.1, 0.15) is 23.0 Å².